The maximum absolute atomic E-state index is 10.8. The maximum atomic E-state index is 10.8. The number of amides is 1. The van der Waals surface area contributed by atoms with Crippen molar-refractivity contribution in [3.05, 3.63) is 11.8 Å². The van der Waals surface area contributed by atoms with Gasteiger partial charge in [-0.15, -0.1) is 0 Å². The van der Waals surface area contributed by atoms with E-state index in [4.69, 9.17) is 10.8 Å². The number of carboxylic acids is 1. The van der Waals surface area contributed by atoms with E-state index in [-0.39, 0.29) is 12.2 Å². The fourth-order valence-corrected chi connectivity index (χ4v) is 0.950. The molecule has 7 nitrogen and oxygen atoms in total. The van der Waals surface area contributed by atoms with Gasteiger partial charge in [0.05, 0.1) is 0 Å². The molecule has 1 rings (SSSR count). The second-order valence-electron chi connectivity index (χ2n) is 2.65. The summed E-state index contributed by atoms with van der Waals surface area (Å²) in [4.78, 5) is 21.0. The fraction of sp³-hybridized carbons (Fsp3) is 0.286. The first kappa shape index (κ1) is 10.0. The summed E-state index contributed by atoms with van der Waals surface area (Å²) in [7, 11) is 1.55. The zero-order chi connectivity index (χ0) is 10.7. The lowest BCUT2D eigenvalue weighted by molar-refractivity contribution is -0.134. The van der Waals surface area contributed by atoms with Crippen LogP contribution in [0.3, 0.4) is 0 Å². The molecule has 0 aliphatic carbocycles. The molecule has 0 aromatic carbocycles. The van der Waals surface area contributed by atoms with E-state index >= 15 is 0 Å². The Morgan fingerprint density at radius 3 is 2.79 bits per heavy atom. The minimum absolute atomic E-state index is 0.220. The molecule has 0 aliphatic rings. The van der Waals surface area contributed by atoms with Crippen LogP contribution in [0.15, 0.2) is 6.07 Å². The Kier molecular flexibility index (Phi) is 2.70. The number of carbonyl (C=O) groups excluding carboxylic acids is 1. The van der Waals surface area contributed by atoms with Crippen molar-refractivity contribution in [1.82, 2.24) is 9.78 Å². The van der Waals surface area contributed by atoms with Crippen LogP contribution in [0, 0.1) is 0 Å². The summed E-state index contributed by atoms with van der Waals surface area (Å²) < 4.78 is 1.28. The molecule has 14 heavy (non-hydrogen) atoms. The average molecular weight is 198 g/mol. The van der Waals surface area contributed by atoms with E-state index in [0.717, 1.165) is 0 Å². The van der Waals surface area contributed by atoms with Crippen LogP contribution in [-0.4, -0.2) is 33.3 Å². The Bertz CT molecular complexity index is 371. The van der Waals surface area contributed by atoms with E-state index in [9.17, 15) is 9.59 Å². The monoisotopic (exact) mass is 198 g/mol. The van der Waals surface area contributed by atoms with Crippen molar-refractivity contribution >= 4 is 17.7 Å². The molecule has 0 radical (unpaired) electrons. The number of carbonyl (C=O) groups is 2. The molecular formula is C7H10N4O3. The first-order chi connectivity index (χ1) is 6.50. The van der Waals surface area contributed by atoms with E-state index in [1.54, 1.807) is 7.05 Å². The Hall–Kier alpha value is -2.05. The van der Waals surface area contributed by atoms with Crippen molar-refractivity contribution in [2.45, 2.75) is 0 Å². The summed E-state index contributed by atoms with van der Waals surface area (Å²) in [5.74, 6) is -1.30. The molecule has 0 saturated heterocycles. The molecular weight excluding hydrogens is 188 g/mol. The third kappa shape index (κ3) is 2.22. The lowest BCUT2D eigenvalue weighted by Gasteiger charge is -1.95. The van der Waals surface area contributed by atoms with Gasteiger partial charge in [-0.05, 0) is 0 Å². The number of nitrogens with zero attached hydrogens (tertiary/aromatic N) is 2. The second kappa shape index (κ2) is 3.77. The van der Waals surface area contributed by atoms with Gasteiger partial charge < -0.3 is 16.2 Å². The molecule has 1 heterocycles. The first-order valence-electron chi connectivity index (χ1n) is 3.80. The molecule has 7 heteroatoms. The third-order valence-corrected chi connectivity index (χ3v) is 1.55. The number of aliphatic carboxylic acids is 1. The number of nitrogens with one attached hydrogen (secondary N) is 1. The predicted molar refractivity (Wildman–Crippen MR) is 47.9 cm³/mol. The van der Waals surface area contributed by atoms with Crippen molar-refractivity contribution in [3.63, 3.8) is 0 Å². The van der Waals surface area contributed by atoms with Crippen molar-refractivity contribution in [2.24, 2.45) is 12.8 Å². The average Bonchev–Trinajstić information content (AvgIpc) is 2.43. The van der Waals surface area contributed by atoms with Crippen LogP contribution >= 0.6 is 0 Å². The minimum Gasteiger partial charge on any atom is -0.480 e. The molecule has 0 atom stereocenters. The van der Waals surface area contributed by atoms with Gasteiger partial charge in [0.15, 0.2) is 0 Å². The van der Waals surface area contributed by atoms with Gasteiger partial charge in [0, 0.05) is 13.1 Å². The van der Waals surface area contributed by atoms with Gasteiger partial charge in [-0.2, -0.15) is 5.10 Å². The summed E-state index contributed by atoms with van der Waals surface area (Å²) in [5.41, 5.74) is 5.26. The smallest absolute Gasteiger partial charge is 0.322 e. The molecule has 0 aliphatic heterocycles. The lowest BCUT2D eigenvalue weighted by Crippen LogP contribution is -2.15. The highest BCUT2D eigenvalue weighted by atomic mass is 16.4. The highest BCUT2D eigenvalue weighted by Gasteiger charge is 2.09. The number of aryl methyl sites for hydroxylation is 1. The largest absolute Gasteiger partial charge is 0.480 e. The van der Waals surface area contributed by atoms with Crippen LogP contribution in [-0.2, 0) is 11.8 Å². The number of hydrogen-bond donors (Lipinski definition) is 3. The standard InChI is InChI=1S/C7H10N4O3/c1-11-4(7(8)14)2-5(10-11)9-3-6(12)13/h2H,3H2,1H3,(H2,8,14)(H,9,10)(H,12,13). The Labute approximate surface area is 79.5 Å². The molecule has 1 amide bonds. The molecule has 1 aromatic heterocycles. The van der Waals surface area contributed by atoms with Crippen LogP contribution in [0.2, 0.25) is 0 Å². The Balaban J connectivity index is 2.76. The van der Waals surface area contributed by atoms with Gasteiger partial charge in [-0.3, -0.25) is 14.3 Å². The Morgan fingerprint density at radius 1 is 1.71 bits per heavy atom. The van der Waals surface area contributed by atoms with Crippen LogP contribution in [0.25, 0.3) is 0 Å². The molecule has 0 unspecified atom stereocenters. The van der Waals surface area contributed by atoms with E-state index in [0.29, 0.717) is 5.82 Å². The summed E-state index contributed by atoms with van der Waals surface area (Å²) in [5, 5.41) is 14.7. The van der Waals surface area contributed by atoms with Gasteiger partial charge in [0.2, 0.25) is 0 Å². The highest BCUT2D eigenvalue weighted by molar-refractivity contribution is 5.92. The number of primary amides is 1. The van der Waals surface area contributed by atoms with E-state index in [1.165, 1.54) is 10.7 Å². The Morgan fingerprint density at radius 2 is 2.36 bits per heavy atom. The molecule has 76 valence electrons. The summed E-state index contributed by atoms with van der Waals surface area (Å²) in [6.07, 6.45) is 0. The molecule has 4 N–H and O–H groups in total. The van der Waals surface area contributed by atoms with Gasteiger partial charge in [0.1, 0.15) is 18.1 Å². The number of hydrogen-bond acceptors (Lipinski definition) is 4. The number of aromatic nitrogens is 2. The maximum Gasteiger partial charge on any atom is 0.322 e. The zero-order valence-corrected chi connectivity index (χ0v) is 7.52. The number of nitrogens with two attached hydrogens (primary N) is 1. The zero-order valence-electron chi connectivity index (χ0n) is 7.52. The fourth-order valence-electron chi connectivity index (χ4n) is 0.950. The van der Waals surface area contributed by atoms with Crippen LogP contribution in [0.1, 0.15) is 10.5 Å². The van der Waals surface area contributed by atoms with Gasteiger partial charge in [-0.25, -0.2) is 0 Å². The summed E-state index contributed by atoms with van der Waals surface area (Å²) in [6, 6.07) is 1.39. The summed E-state index contributed by atoms with van der Waals surface area (Å²) >= 11 is 0. The van der Waals surface area contributed by atoms with E-state index in [2.05, 4.69) is 10.4 Å². The van der Waals surface area contributed by atoms with Gasteiger partial charge >= 0.3 is 5.97 Å². The van der Waals surface area contributed by atoms with Gasteiger partial charge in [-0.1, -0.05) is 0 Å². The van der Waals surface area contributed by atoms with Crippen LogP contribution in [0.5, 0.6) is 0 Å². The summed E-state index contributed by atoms with van der Waals surface area (Å²) in [6.45, 7) is -0.255. The molecule has 0 bridgehead atoms. The topological polar surface area (TPSA) is 110 Å². The predicted octanol–water partition coefficient (Wildman–Crippen LogP) is -0.984. The van der Waals surface area contributed by atoms with Crippen molar-refractivity contribution in [3.8, 4) is 0 Å². The molecule has 0 spiro atoms. The second-order valence-corrected chi connectivity index (χ2v) is 2.65. The van der Waals surface area contributed by atoms with Crippen molar-refractivity contribution in [1.29, 1.82) is 0 Å². The quantitative estimate of drug-likeness (QED) is 0.575. The minimum atomic E-state index is -1.00. The first-order valence-corrected chi connectivity index (χ1v) is 3.80. The van der Waals surface area contributed by atoms with Crippen LogP contribution in [0.4, 0.5) is 5.82 Å². The molecule has 0 fully saturated rings. The van der Waals surface area contributed by atoms with E-state index < -0.39 is 11.9 Å². The molecule has 0 saturated carbocycles. The number of rotatable bonds is 4. The van der Waals surface area contributed by atoms with E-state index in [1.807, 2.05) is 0 Å². The molecule has 1 aromatic rings. The lowest BCUT2D eigenvalue weighted by atomic mass is 10.4. The SMILES string of the molecule is Cn1nc(NCC(=O)O)cc1C(N)=O. The third-order valence-electron chi connectivity index (χ3n) is 1.55. The highest BCUT2D eigenvalue weighted by Crippen LogP contribution is 2.06. The van der Waals surface area contributed by atoms with Crippen molar-refractivity contribution < 1.29 is 14.7 Å². The van der Waals surface area contributed by atoms with Gasteiger partial charge in [0.25, 0.3) is 5.91 Å². The number of carboxylic acid groups (broad SMARTS) is 1. The normalized spacial score (nSPS) is 9.79. The van der Waals surface area contributed by atoms with Crippen LogP contribution < -0.4 is 11.1 Å². The number of anilines is 1. The van der Waals surface area contributed by atoms with Crippen molar-refractivity contribution in [2.75, 3.05) is 11.9 Å².